The van der Waals surface area contributed by atoms with Gasteiger partial charge in [-0.25, -0.2) is 8.42 Å². The summed E-state index contributed by atoms with van der Waals surface area (Å²) in [4.78, 5) is 12.7. The van der Waals surface area contributed by atoms with E-state index in [1.807, 2.05) is 6.92 Å². The van der Waals surface area contributed by atoms with Crippen molar-refractivity contribution >= 4 is 15.9 Å². The lowest BCUT2D eigenvalue weighted by Gasteiger charge is -2.22. The summed E-state index contributed by atoms with van der Waals surface area (Å²) in [6, 6.07) is 4.69. The number of ether oxygens (including phenoxy) is 1. The van der Waals surface area contributed by atoms with Crippen molar-refractivity contribution in [1.29, 1.82) is 0 Å². The molecule has 158 valence electrons. The molecule has 1 unspecified atom stereocenters. The van der Waals surface area contributed by atoms with Crippen LogP contribution in [0.3, 0.4) is 0 Å². The molecule has 1 atom stereocenters. The lowest BCUT2D eigenvalue weighted by molar-refractivity contribution is 0.0937. The first-order valence-electron chi connectivity index (χ1n) is 10.4. The smallest absolute Gasteiger partial charge is 0.251 e. The van der Waals surface area contributed by atoms with Gasteiger partial charge in [0.1, 0.15) is 10.6 Å². The van der Waals surface area contributed by atoms with Gasteiger partial charge in [-0.3, -0.25) is 4.79 Å². The minimum atomic E-state index is -3.70. The van der Waals surface area contributed by atoms with Crippen LogP contribution in [0.2, 0.25) is 0 Å². The summed E-state index contributed by atoms with van der Waals surface area (Å²) in [7, 11) is -2.25. The number of methoxy groups -OCH3 is 1. The Morgan fingerprint density at radius 3 is 2.46 bits per heavy atom. The van der Waals surface area contributed by atoms with Gasteiger partial charge < -0.3 is 10.1 Å². The Morgan fingerprint density at radius 2 is 1.86 bits per heavy atom. The average molecular weight is 411 g/mol. The van der Waals surface area contributed by atoms with E-state index in [2.05, 4.69) is 12.2 Å². The number of nitrogens with one attached hydrogen (secondary N) is 1. The molecule has 1 aliphatic rings. The summed E-state index contributed by atoms with van der Waals surface area (Å²) in [5.41, 5.74) is 0.344. The summed E-state index contributed by atoms with van der Waals surface area (Å²) < 4.78 is 33.2. The van der Waals surface area contributed by atoms with Crippen LogP contribution in [0.25, 0.3) is 0 Å². The summed E-state index contributed by atoms with van der Waals surface area (Å²) in [6.45, 7) is 5.14. The molecule has 28 heavy (non-hydrogen) atoms. The molecule has 0 radical (unpaired) electrons. The normalized spacial score (nSPS) is 17.0. The molecule has 0 aromatic heterocycles. The fourth-order valence-electron chi connectivity index (χ4n) is 3.52. The predicted molar refractivity (Wildman–Crippen MR) is 111 cm³/mol. The fraction of sp³-hybridized carbons (Fsp3) is 0.667. The molecule has 2 rings (SSSR count). The molecule has 0 aliphatic carbocycles. The number of amides is 1. The van der Waals surface area contributed by atoms with Gasteiger partial charge in [-0.1, -0.05) is 39.0 Å². The third kappa shape index (κ3) is 5.95. The molecule has 1 N–H and O–H groups in total. The van der Waals surface area contributed by atoms with E-state index in [-0.39, 0.29) is 22.6 Å². The lowest BCUT2D eigenvalue weighted by Crippen LogP contribution is -2.34. The van der Waals surface area contributed by atoms with Crippen LogP contribution in [0, 0.1) is 0 Å². The van der Waals surface area contributed by atoms with Crippen molar-refractivity contribution in [3.63, 3.8) is 0 Å². The van der Waals surface area contributed by atoms with Crippen LogP contribution < -0.4 is 10.1 Å². The van der Waals surface area contributed by atoms with E-state index in [1.165, 1.54) is 17.5 Å². The van der Waals surface area contributed by atoms with Gasteiger partial charge >= 0.3 is 0 Å². The second kappa shape index (κ2) is 10.8. The van der Waals surface area contributed by atoms with Crippen LogP contribution in [0.5, 0.6) is 5.75 Å². The van der Waals surface area contributed by atoms with E-state index in [0.29, 0.717) is 18.7 Å². The van der Waals surface area contributed by atoms with Crippen LogP contribution in [0.15, 0.2) is 23.1 Å². The third-order valence-electron chi connectivity index (χ3n) is 5.23. The van der Waals surface area contributed by atoms with Gasteiger partial charge in [-0.2, -0.15) is 4.31 Å². The van der Waals surface area contributed by atoms with E-state index in [4.69, 9.17) is 4.74 Å². The fourth-order valence-corrected chi connectivity index (χ4v) is 5.22. The Morgan fingerprint density at radius 1 is 1.18 bits per heavy atom. The molecule has 1 amide bonds. The largest absolute Gasteiger partial charge is 0.495 e. The van der Waals surface area contributed by atoms with E-state index >= 15 is 0 Å². The molecule has 0 saturated carbocycles. The predicted octanol–water partition coefficient (Wildman–Crippen LogP) is 3.96. The molecule has 0 bridgehead atoms. The summed E-state index contributed by atoms with van der Waals surface area (Å²) in [6.07, 6.45) is 8.05. The highest BCUT2D eigenvalue weighted by molar-refractivity contribution is 7.89. The van der Waals surface area contributed by atoms with E-state index < -0.39 is 10.0 Å². The van der Waals surface area contributed by atoms with Crippen LogP contribution >= 0.6 is 0 Å². The van der Waals surface area contributed by atoms with Crippen molar-refractivity contribution in [1.82, 2.24) is 9.62 Å². The number of hydrogen-bond acceptors (Lipinski definition) is 4. The summed E-state index contributed by atoms with van der Waals surface area (Å²) >= 11 is 0. The van der Waals surface area contributed by atoms with Crippen LogP contribution in [-0.2, 0) is 10.0 Å². The van der Waals surface area contributed by atoms with E-state index in [9.17, 15) is 13.2 Å². The highest BCUT2D eigenvalue weighted by atomic mass is 32.2. The summed E-state index contributed by atoms with van der Waals surface area (Å²) in [5.74, 6) is 0.0239. The second-order valence-electron chi connectivity index (χ2n) is 7.55. The maximum atomic E-state index is 13.2. The molecule has 7 heteroatoms. The lowest BCUT2D eigenvalue weighted by atomic mass is 10.1. The number of carbonyl (C=O) groups excluding carboxylic acids is 1. The topological polar surface area (TPSA) is 75.7 Å². The van der Waals surface area contributed by atoms with Gasteiger partial charge in [0.25, 0.3) is 5.91 Å². The first-order chi connectivity index (χ1) is 13.4. The molecule has 1 aromatic rings. The molecular weight excluding hydrogens is 376 g/mol. The molecule has 1 heterocycles. The molecule has 1 saturated heterocycles. The zero-order valence-corrected chi connectivity index (χ0v) is 18.2. The zero-order valence-electron chi connectivity index (χ0n) is 17.4. The Labute approximate surface area is 169 Å². The standard InChI is InChI=1S/C21H34N2O4S/c1-4-5-8-11-17(2)22-21(24)18-12-13-19(27-3)20(16-18)28(25,26)23-14-9-6-7-10-15-23/h12-13,16-17H,4-11,14-15H2,1-3H3,(H,22,24). The first-order valence-corrected chi connectivity index (χ1v) is 11.8. The molecule has 6 nitrogen and oxygen atoms in total. The molecular formula is C21H34N2O4S. The number of nitrogens with zero attached hydrogens (tertiary/aromatic N) is 1. The van der Waals surface area contributed by atoms with Crippen molar-refractivity contribution < 1.29 is 17.9 Å². The van der Waals surface area contributed by atoms with Gasteiger partial charge in [0, 0.05) is 24.7 Å². The highest BCUT2D eigenvalue weighted by Crippen LogP contribution is 2.29. The van der Waals surface area contributed by atoms with Gasteiger partial charge in [0.05, 0.1) is 7.11 Å². The van der Waals surface area contributed by atoms with Crippen molar-refractivity contribution in [3.8, 4) is 5.75 Å². The number of hydrogen-bond donors (Lipinski definition) is 1. The van der Waals surface area contributed by atoms with Crippen molar-refractivity contribution in [2.24, 2.45) is 0 Å². The van der Waals surface area contributed by atoms with Crippen molar-refractivity contribution in [3.05, 3.63) is 23.8 Å². The van der Waals surface area contributed by atoms with Gasteiger partial charge in [0.2, 0.25) is 10.0 Å². The number of sulfonamides is 1. The van der Waals surface area contributed by atoms with Gasteiger partial charge in [-0.05, 0) is 44.4 Å². The van der Waals surface area contributed by atoms with Crippen LogP contribution in [0.4, 0.5) is 0 Å². The SMILES string of the molecule is CCCCCC(C)NC(=O)c1ccc(OC)c(S(=O)(=O)N2CCCCCC2)c1. The monoisotopic (exact) mass is 410 g/mol. The molecule has 1 aromatic carbocycles. The molecule has 1 aliphatic heterocycles. The summed E-state index contributed by atoms with van der Waals surface area (Å²) in [5, 5.41) is 2.97. The number of benzene rings is 1. The van der Waals surface area contributed by atoms with Gasteiger partial charge in [0.15, 0.2) is 0 Å². The second-order valence-corrected chi connectivity index (χ2v) is 9.46. The minimum absolute atomic E-state index is 0.0480. The molecule has 1 fully saturated rings. The minimum Gasteiger partial charge on any atom is -0.495 e. The Kier molecular flexibility index (Phi) is 8.76. The van der Waals surface area contributed by atoms with Gasteiger partial charge in [-0.15, -0.1) is 0 Å². The highest BCUT2D eigenvalue weighted by Gasteiger charge is 2.29. The van der Waals surface area contributed by atoms with Crippen molar-refractivity contribution in [2.75, 3.05) is 20.2 Å². The third-order valence-corrected chi connectivity index (χ3v) is 7.15. The Hall–Kier alpha value is -1.60. The Bertz CT molecular complexity index is 741. The quantitative estimate of drug-likeness (QED) is 0.625. The number of carbonyl (C=O) groups is 1. The van der Waals surface area contributed by atoms with Crippen molar-refractivity contribution in [2.45, 2.75) is 76.2 Å². The van der Waals surface area contributed by atoms with Crippen LogP contribution in [-0.4, -0.2) is 44.9 Å². The van der Waals surface area contributed by atoms with E-state index in [0.717, 1.165) is 51.4 Å². The Balaban J connectivity index is 2.21. The van der Waals surface area contributed by atoms with Crippen LogP contribution in [0.1, 0.15) is 75.6 Å². The number of unbranched alkanes of at least 4 members (excludes halogenated alkanes) is 2. The first kappa shape index (κ1) is 22.7. The number of rotatable bonds is 9. The maximum Gasteiger partial charge on any atom is 0.251 e. The van der Waals surface area contributed by atoms with E-state index in [1.54, 1.807) is 12.1 Å². The molecule has 0 spiro atoms. The average Bonchev–Trinajstić information content (AvgIpc) is 2.97. The maximum absolute atomic E-state index is 13.2. The zero-order chi connectivity index (χ0) is 20.6.